The normalized spacial score (nSPS) is 9.94. The maximum absolute atomic E-state index is 13.3. The number of aryl methyl sites for hydroxylation is 1. The molecule has 2 aromatic rings. The summed E-state index contributed by atoms with van der Waals surface area (Å²) >= 11 is 1.66. The summed E-state index contributed by atoms with van der Waals surface area (Å²) in [7, 11) is 0. The highest BCUT2D eigenvalue weighted by molar-refractivity contribution is 7.15. The Morgan fingerprint density at radius 2 is 2.00 bits per heavy atom. The van der Waals surface area contributed by atoms with Gasteiger partial charge in [0.2, 0.25) is 0 Å². The lowest BCUT2D eigenvalue weighted by molar-refractivity contribution is 0.626. The van der Waals surface area contributed by atoms with E-state index in [2.05, 4.69) is 0 Å². The minimum absolute atomic E-state index is 0. The highest BCUT2D eigenvalue weighted by Gasteiger charge is 2.04. The fourth-order valence-corrected chi connectivity index (χ4v) is 2.35. The molecule has 0 fully saturated rings. The van der Waals surface area contributed by atoms with Crippen molar-refractivity contribution in [3.63, 3.8) is 0 Å². The number of nitrogens with two attached hydrogens (primary N) is 1. The number of hydrogen-bond donors (Lipinski definition) is 1. The zero-order valence-electron chi connectivity index (χ0n) is 8.87. The lowest BCUT2D eigenvalue weighted by Gasteiger charge is -2.02. The van der Waals surface area contributed by atoms with Crippen molar-refractivity contribution in [2.24, 2.45) is 5.73 Å². The molecule has 2 rings (SSSR count). The second-order valence-corrected chi connectivity index (χ2v) is 4.75. The van der Waals surface area contributed by atoms with E-state index < -0.39 is 0 Å². The van der Waals surface area contributed by atoms with Crippen molar-refractivity contribution in [3.05, 3.63) is 46.6 Å². The predicted molar refractivity (Wildman–Crippen MR) is 69.6 cm³/mol. The third-order valence-corrected chi connectivity index (χ3v) is 3.27. The molecule has 2 N–H and O–H groups in total. The first-order valence-electron chi connectivity index (χ1n) is 4.75. The van der Waals surface area contributed by atoms with E-state index in [9.17, 15) is 4.39 Å². The Morgan fingerprint density at radius 1 is 1.25 bits per heavy atom. The van der Waals surface area contributed by atoms with Gasteiger partial charge < -0.3 is 5.73 Å². The molecule has 0 amide bonds. The molecule has 0 unspecified atom stereocenters. The van der Waals surface area contributed by atoms with Crippen molar-refractivity contribution in [2.45, 2.75) is 13.5 Å². The van der Waals surface area contributed by atoms with Gasteiger partial charge in [-0.1, -0.05) is 0 Å². The van der Waals surface area contributed by atoms with Crippen LogP contribution >= 0.6 is 23.7 Å². The van der Waals surface area contributed by atoms with Gasteiger partial charge in [0.15, 0.2) is 0 Å². The van der Waals surface area contributed by atoms with E-state index in [0.29, 0.717) is 6.54 Å². The molecule has 0 saturated heterocycles. The molecule has 1 heterocycles. The van der Waals surface area contributed by atoms with Gasteiger partial charge in [0.1, 0.15) is 5.82 Å². The van der Waals surface area contributed by atoms with Crippen LogP contribution in [0.4, 0.5) is 4.39 Å². The van der Waals surface area contributed by atoms with Crippen molar-refractivity contribution in [3.8, 4) is 10.4 Å². The molecule has 0 atom stereocenters. The summed E-state index contributed by atoms with van der Waals surface area (Å²) < 4.78 is 13.3. The van der Waals surface area contributed by atoms with Crippen LogP contribution in [-0.2, 0) is 6.54 Å². The maximum atomic E-state index is 13.3. The van der Waals surface area contributed by atoms with Crippen LogP contribution in [0.25, 0.3) is 10.4 Å². The molecule has 0 aliphatic carbocycles. The summed E-state index contributed by atoms with van der Waals surface area (Å²) in [5, 5.41) is 0. The van der Waals surface area contributed by atoms with Crippen LogP contribution in [0.1, 0.15) is 10.4 Å². The summed E-state index contributed by atoms with van der Waals surface area (Å²) in [6.45, 7) is 2.41. The van der Waals surface area contributed by atoms with Crippen molar-refractivity contribution < 1.29 is 4.39 Å². The molecule has 0 radical (unpaired) electrons. The largest absolute Gasteiger partial charge is 0.326 e. The zero-order chi connectivity index (χ0) is 10.8. The average molecular weight is 258 g/mol. The van der Waals surface area contributed by atoms with E-state index in [-0.39, 0.29) is 18.2 Å². The van der Waals surface area contributed by atoms with Crippen LogP contribution in [0.3, 0.4) is 0 Å². The summed E-state index contributed by atoms with van der Waals surface area (Å²) in [5.74, 6) is -0.223. The molecule has 0 spiro atoms. The second kappa shape index (κ2) is 5.43. The van der Waals surface area contributed by atoms with Gasteiger partial charge in [0.05, 0.1) is 0 Å². The van der Waals surface area contributed by atoms with Crippen LogP contribution < -0.4 is 5.73 Å². The topological polar surface area (TPSA) is 26.0 Å². The Hall–Kier alpha value is -0.900. The number of benzene rings is 1. The molecule has 1 aromatic heterocycles. The molecule has 0 aliphatic heterocycles. The van der Waals surface area contributed by atoms with Gasteiger partial charge in [-0.15, -0.1) is 23.7 Å². The molecule has 0 aliphatic rings. The molecule has 16 heavy (non-hydrogen) atoms. The van der Waals surface area contributed by atoms with E-state index >= 15 is 0 Å². The number of thiophene rings is 1. The van der Waals surface area contributed by atoms with Crippen molar-refractivity contribution in [1.82, 2.24) is 0 Å². The average Bonchev–Trinajstić information content (AvgIpc) is 2.64. The first-order valence-corrected chi connectivity index (χ1v) is 5.57. The smallest absolute Gasteiger partial charge is 0.124 e. The SMILES string of the molecule is Cc1ccc(-c2cc(F)cc(CN)c2)s1.Cl. The molecule has 1 nitrogen and oxygen atoms in total. The molecular formula is C12H13ClFNS. The number of hydrogen-bond acceptors (Lipinski definition) is 2. The Labute approximate surface area is 105 Å². The first-order chi connectivity index (χ1) is 7.19. The van der Waals surface area contributed by atoms with Gasteiger partial charge >= 0.3 is 0 Å². The van der Waals surface area contributed by atoms with Crippen LogP contribution in [0.5, 0.6) is 0 Å². The maximum Gasteiger partial charge on any atom is 0.124 e. The number of halogens is 2. The van der Waals surface area contributed by atoms with Gasteiger partial charge in [0, 0.05) is 16.3 Å². The van der Waals surface area contributed by atoms with Gasteiger partial charge in [-0.25, -0.2) is 4.39 Å². The standard InChI is InChI=1S/C12H12FNS.ClH/c1-8-2-3-12(15-8)10-4-9(7-14)5-11(13)6-10;/h2-6H,7,14H2,1H3;1H. The third-order valence-electron chi connectivity index (χ3n) is 2.22. The first kappa shape index (κ1) is 13.2. The van der Waals surface area contributed by atoms with Crippen LogP contribution in [0, 0.1) is 12.7 Å². The molecule has 4 heteroatoms. The highest BCUT2D eigenvalue weighted by Crippen LogP contribution is 2.28. The van der Waals surface area contributed by atoms with Crippen molar-refractivity contribution >= 4 is 23.7 Å². The Bertz CT molecular complexity index is 482. The lowest BCUT2D eigenvalue weighted by atomic mass is 10.1. The van der Waals surface area contributed by atoms with E-state index in [1.807, 2.05) is 25.1 Å². The molecule has 0 bridgehead atoms. The zero-order valence-corrected chi connectivity index (χ0v) is 10.5. The predicted octanol–water partition coefficient (Wildman–Crippen LogP) is 3.74. The summed E-state index contributed by atoms with van der Waals surface area (Å²) in [6, 6.07) is 9.00. The van der Waals surface area contributed by atoms with Crippen LogP contribution in [0.2, 0.25) is 0 Å². The molecule has 0 saturated carbocycles. The van der Waals surface area contributed by atoms with E-state index in [0.717, 1.165) is 16.0 Å². The van der Waals surface area contributed by atoms with Gasteiger partial charge in [-0.3, -0.25) is 0 Å². The lowest BCUT2D eigenvalue weighted by Crippen LogP contribution is -1.97. The Balaban J connectivity index is 0.00000128. The fraction of sp³-hybridized carbons (Fsp3) is 0.167. The summed E-state index contributed by atoms with van der Waals surface area (Å²) in [6.07, 6.45) is 0. The third kappa shape index (κ3) is 2.82. The molecule has 1 aromatic carbocycles. The van der Waals surface area contributed by atoms with E-state index in [1.165, 1.54) is 10.9 Å². The van der Waals surface area contributed by atoms with E-state index in [1.54, 1.807) is 17.4 Å². The Morgan fingerprint density at radius 3 is 2.56 bits per heavy atom. The highest BCUT2D eigenvalue weighted by atomic mass is 35.5. The quantitative estimate of drug-likeness (QED) is 0.871. The minimum Gasteiger partial charge on any atom is -0.326 e. The van der Waals surface area contributed by atoms with Gasteiger partial charge in [-0.2, -0.15) is 0 Å². The molecule has 86 valence electrons. The second-order valence-electron chi connectivity index (χ2n) is 3.46. The fourth-order valence-electron chi connectivity index (χ4n) is 1.50. The van der Waals surface area contributed by atoms with Crippen molar-refractivity contribution in [2.75, 3.05) is 0 Å². The van der Waals surface area contributed by atoms with Crippen LogP contribution in [0.15, 0.2) is 30.3 Å². The number of rotatable bonds is 2. The van der Waals surface area contributed by atoms with Gasteiger partial charge in [0.25, 0.3) is 0 Å². The summed E-state index contributed by atoms with van der Waals surface area (Å²) in [5.41, 5.74) is 7.25. The van der Waals surface area contributed by atoms with E-state index in [4.69, 9.17) is 5.73 Å². The monoisotopic (exact) mass is 257 g/mol. The Kier molecular flexibility index (Phi) is 4.47. The summed E-state index contributed by atoms with van der Waals surface area (Å²) in [4.78, 5) is 2.31. The van der Waals surface area contributed by atoms with Gasteiger partial charge in [-0.05, 0) is 48.4 Å². The van der Waals surface area contributed by atoms with Crippen molar-refractivity contribution in [1.29, 1.82) is 0 Å². The minimum atomic E-state index is -0.223. The van der Waals surface area contributed by atoms with Crippen LogP contribution in [-0.4, -0.2) is 0 Å². The molecular weight excluding hydrogens is 245 g/mol.